The summed E-state index contributed by atoms with van der Waals surface area (Å²) in [6.45, 7) is 7.37. The fourth-order valence-corrected chi connectivity index (χ4v) is 4.55. The number of hydrazone groups is 1. The van der Waals surface area contributed by atoms with Crippen molar-refractivity contribution in [3.8, 4) is 5.75 Å². The number of hydrogen-bond donors (Lipinski definition) is 0. The Labute approximate surface area is 189 Å². The number of carbonyl (C=O) groups is 1. The number of carbonyl (C=O) groups excluding carboxylic acids is 1. The van der Waals surface area contributed by atoms with Gasteiger partial charge in [0.05, 0.1) is 25.4 Å². The second-order valence-electron chi connectivity index (χ2n) is 7.94. The van der Waals surface area contributed by atoms with E-state index in [0.29, 0.717) is 18.0 Å². The minimum absolute atomic E-state index is 0.00269. The molecule has 1 amide bonds. The van der Waals surface area contributed by atoms with Crippen molar-refractivity contribution in [1.29, 1.82) is 0 Å². The molecule has 0 bridgehead atoms. The van der Waals surface area contributed by atoms with Crippen molar-refractivity contribution in [2.24, 2.45) is 5.10 Å². The average Bonchev–Trinajstić information content (AvgIpc) is 3.25. The first kappa shape index (κ1) is 21.8. The maximum Gasteiger partial charge on any atom is 0.257 e. The number of likely N-dealkylation sites (N-methyl/N-ethyl adjacent to an activating group) is 1. The molecular weight excluding hydrogens is 412 g/mol. The van der Waals surface area contributed by atoms with Gasteiger partial charge in [-0.2, -0.15) is 5.10 Å². The van der Waals surface area contributed by atoms with E-state index in [1.807, 2.05) is 48.5 Å². The molecule has 164 valence electrons. The lowest BCUT2D eigenvalue weighted by molar-refractivity contribution is -0.134. The van der Waals surface area contributed by atoms with E-state index in [2.05, 4.69) is 16.7 Å². The van der Waals surface area contributed by atoms with E-state index in [1.165, 1.54) is 0 Å². The van der Waals surface area contributed by atoms with Crippen molar-refractivity contribution in [2.45, 2.75) is 19.4 Å². The molecule has 2 aromatic rings. The van der Waals surface area contributed by atoms with Crippen LogP contribution in [0.3, 0.4) is 0 Å². The third-order valence-electron chi connectivity index (χ3n) is 6.12. The van der Waals surface area contributed by atoms with Gasteiger partial charge in [0.1, 0.15) is 5.75 Å². The van der Waals surface area contributed by atoms with Crippen LogP contribution in [0.4, 0.5) is 0 Å². The van der Waals surface area contributed by atoms with Crippen molar-refractivity contribution >= 4 is 23.2 Å². The molecule has 31 heavy (non-hydrogen) atoms. The molecule has 1 saturated heterocycles. The first-order valence-corrected chi connectivity index (χ1v) is 11.2. The van der Waals surface area contributed by atoms with E-state index >= 15 is 0 Å². The Balaban J connectivity index is 1.60. The number of rotatable bonds is 6. The number of benzene rings is 2. The number of hydrogen-bond acceptors (Lipinski definition) is 5. The molecule has 4 rings (SSSR count). The van der Waals surface area contributed by atoms with Gasteiger partial charge in [-0.25, -0.2) is 5.01 Å². The molecule has 2 aliphatic heterocycles. The van der Waals surface area contributed by atoms with Crippen molar-refractivity contribution in [3.63, 3.8) is 0 Å². The van der Waals surface area contributed by atoms with E-state index in [-0.39, 0.29) is 11.9 Å². The molecule has 0 saturated carbocycles. The SMILES string of the molecule is CCN1CCN(CC(=O)N2N=C(c3ccccc3Cl)C[C@H]2c2ccccc2OC)CC1. The highest BCUT2D eigenvalue weighted by Crippen LogP contribution is 2.38. The largest absolute Gasteiger partial charge is 0.496 e. The zero-order chi connectivity index (χ0) is 21.8. The van der Waals surface area contributed by atoms with Crippen LogP contribution < -0.4 is 4.74 Å². The molecular formula is C24H29ClN4O2. The summed E-state index contributed by atoms with van der Waals surface area (Å²) in [4.78, 5) is 18.0. The van der Waals surface area contributed by atoms with Crippen molar-refractivity contribution in [1.82, 2.24) is 14.8 Å². The number of nitrogens with zero attached hydrogens (tertiary/aromatic N) is 4. The van der Waals surface area contributed by atoms with Gasteiger partial charge in [-0.05, 0) is 18.7 Å². The van der Waals surface area contributed by atoms with Gasteiger partial charge in [0.25, 0.3) is 5.91 Å². The summed E-state index contributed by atoms with van der Waals surface area (Å²) >= 11 is 6.45. The van der Waals surface area contributed by atoms with Gasteiger partial charge in [0.2, 0.25) is 0 Å². The van der Waals surface area contributed by atoms with Crippen LogP contribution >= 0.6 is 11.6 Å². The summed E-state index contributed by atoms with van der Waals surface area (Å²) in [5.74, 6) is 0.764. The van der Waals surface area contributed by atoms with Gasteiger partial charge in [0.15, 0.2) is 0 Å². The van der Waals surface area contributed by atoms with Crippen LogP contribution in [0.25, 0.3) is 0 Å². The molecule has 0 aromatic heterocycles. The molecule has 7 heteroatoms. The third-order valence-corrected chi connectivity index (χ3v) is 6.45. The highest BCUT2D eigenvalue weighted by atomic mass is 35.5. The van der Waals surface area contributed by atoms with Crippen molar-refractivity contribution in [2.75, 3.05) is 46.4 Å². The molecule has 0 aliphatic carbocycles. The summed E-state index contributed by atoms with van der Waals surface area (Å²) in [5.41, 5.74) is 2.65. The zero-order valence-electron chi connectivity index (χ0n) is 18.1. The molecule has 0 radical (unpaired) electrons. The number of piperazine rings is 1. The summed E-state index contributed by atoms with van der Waals surface area (Å²) in [7, 11) is 1.66. The van der Waals surface area contributed by atoms with E-state index in [9.17, 15) is 4.79 Å². The molecule has 2 heterocycles. The van der Waals surface area contributed by atoms with Gasteiger partial charge in [-0.15, -0.1) is 0 Å². The minimum atomic E-state index is -0.216. The molecule has 1 atom stereocenters. The molecule has 0 unspecified atom stereocenters. The Hall–Kier alpha value is -2.41. The lowest BCUT2D eigenvalue weighted by Crippen LogP contribution is -2.49. The molecule has 1 fully saturated rings. The Morgan fingerprint density at radius 2 is 1.74 bits per heavy atom. The number of para-hydroxylation sites is 1. The highest BCUT2D eigenvalue weighted by Gasteiger charge is 2.36. The van der Waals surface area contributed by atoms with Crippen LogP contribution in [-0.2, 0) is 4.79 Å². The summed E-state index contributed by atoms with van der Waals surface area (Å²) in [5, 5.41) is 7.06. The maximum atomic E-state index is 13.4. The summed E-state index contributed by atoms with van der Waals surface area (Å²) in [6, 6.07) is 15.3. The van der Waals surface area contributed by atoms with E-state index in [4.69, 9.17) is 21.4 Å². The van der Waals surface area contributed by atoms with E-state index < -0.39 is 0 Å². The van der Waals surface area contributed by atoms with Gasteiger partial charge in [-0.3, -0.25) is 9.69 Å². The standard InChI is InChI=1S/C24H29ClN4O2/c1-3-27-12-14-28(15-13-27)17-24(30)29-22(19-9-5-7-11-23(19)31-2)16-21(26-29)18-8-4-6-10-20(18)25/h4-11,22H,3,12-17H2,1-2H3/t22-/m0/s1. The smallest absolute Gasteiger partial charge is 0.257 e. The number of amides is 1. The van der Waals surface area contributed by atoms with Crippen molar-refractivity contribution in [3.05, 3.63) is 64.7 Å². The fourth-order valence-electron chi connectivity index (χ4n) is 4.31. The van der Waals surface area contributed by atoms with Gasteiger partial charge in [0, 0.05) is 48.7 Å². The quantitative estimate of drug-likeness (QED) is 0.687. The van der Waals surface area contributed by atoms with Crippen LogP contribution in [-0.4, -0.2) is 72.8 Å². The predicted molar refractivity (Wildman–Crippen MR) is 124 cm³/mol. The topological polar surface area (TPSA) is 48.4 Å². The normalized spacial score (nSPS) is 20.0. The summed E-state index contributed by atoms with van der Waals surface area (Å²) < 4.78 is 5.59. The van der Waals surface area contributed by atoms with E-state index in [0.717, 1.165) is 55.3 Å². The lowest BCUT2D eigenvalue weighted by Gasteiger charge is -2.34. The molecule has 0 N–H and O–H groups in total. The Morgan fingerprint density at radius 3 is 2.45 bits per heavy atom. The second-order valence-corrected chi connectivity index (χ2v) is 8.34. The third kappa shape index (κ3) is 4.76. The van der Waals surface area contributed by atoms with Gasteiger partial charge in [-0.1, -0.05) is 54.9 Å². The van der Waals surface area contributed by atoms with Crippen LogP contribution in [0.1, 0.15) is 30.5 Å². The molecule has 2 aliphatic rings. The first-order chi connectivity index (χ1) is 15.1. The second kappa shape index (κ2) is 9.81. The maximum absolute atomic E-state index is 13.4. The Bertz CT molecular complexity index is 956. The Morgan fingerprint density at radius 1 is 1.06 bits per heavy atom. The minimum Gasteiger partial charge on any atom is -0.496 e. The lowest BCUT2D eigenvalue weighted by atomic mass is 9.97. The Kier molecular flexibility index (Phi) is 6.90. The van der Waals surface area contributed by atoms with Crippen LogP contribution in [0.2, 0.25) is 5.02 Å². The van der Waals surface area contributed by atoms with Crippen LogP contribution in [0.15, 0.2) is 53.6 Å². The number of methoxy groups -OCH3 is 1. The van der Waals surface area contributed by atoms with Crippen molar-refractivity contribution < 1.29 is 9.53 Å². The first-order valence-electron chi connectivity index (χ1n) is 10.8. The monoisotopic (exact) mass is 440 g/mol. The average molecular weight is 441 g/mol. The molecule has 2 aromatic carbocycles. The highest BCUT2D eigenvalue weighted by molar-refractivity contribution is 6.34. The van der Waals surface area contributed by atoms with Gasteiger partial charge < -0.3 is 9.64 Å². The zero-order valence-corrected chi connectivity index (χ0v) is 18.9. The number of halogens is 1. The molecule has 6 nitrogen and oxygen atoms in total. The van der Waals surface area contributed by atoms with E-state index in [1.54, 1.807) is 12.1 Å². The molecule has 0 spiro atoms. The fraction of sp³-hybridized carbons (Fsp3) is 0.417. The number of ether oxygens (including phenoxy) is 1. The van der Waals surface area contributed by atoms with Crippen LogP contribution in [0.5, 0.6) is 5.75 Å². The summed E-state index contributed by atoms with van der Waals surface area (Å²) in [6.07, 6.45) is 0.597. The van der Waals surface area contributed by atoms with Crippen LogP contribution in [0, 0.1) is 0 Å². The predicted octanol–water partition coefficient (Wildman–Crippen LogP) is 3.66. The van der Waals surface area contributed by atoms with Gasteiger partial charge >= 0.3 is 0 Å².